The molecular formula is C19H15N3O3S. The van der Waals surface area contributed by atoms with Crippen molar-refractivity contribution in [2.75, 3.05) is 5.32 Å². The lowest BCUT2D eigenvalue weighted by molar-refractivity contribution is -0.384. The summed E-state index contributed by atoms with van der Waals surface area (Å²) in [6.07, 6.45) is 1.63. The molecule has 1 heterocycles. The van der Waals surface area contributed by atoms with Gasteiger partial charge in [-0.1, -0.05) is 36.0 Å². The molecule has 0 saturated heterocycles. The number of hydrogen-bond donors (Lipinski definition) is 1. The Hall–Kier alpha value is -3.19. The molecule has 0 saturated carbocycles. The van der Waals surface area contributed by atoms with Crippen LogP contribution in [0.15, 0.2) is 76.8 Å². The third-order valence-corrected chi connectivity index (χ3v) is 4.68. The van der Waals surface area contributed by atoms with Gasteiger partial charge in [0.25, 0.3) is 11.6 Å². The van der Waals surface area contributed by atoms with Crippen LogP contribution in [0.2, 0.25) is 0 Å². The van der Waals surface area contributed by atoms with E-state index in [0.29, 0.717) is 16.3 Å². The molecule has 0 spiro atoms. The van der Waals surface area contributed by atoms with E-state index in [2.05, 4.69) is 10.3 Å². The van der Waals surface area contributed by atoms with Crippen molar-refractivity contribution in [1.29, 1.82) is 0 Å². The molecule has 1 aromatic heterocycles. The summed E-state index contributed by atoms with van der Waals surface area (Å²) in [7, 11) is 0. The second kappa shape index (κ2) is 7.79. The molecule has 0 atom stereocenters. The maximum Gasteiger partial charge on any atom is 0.271 e. The average molecular weight is 365 g/mol. The summed E-state index contributed by atoms with van der Waals surface area (Å²) in [6, 6.07) is 17.4. The molecule has 3 rings (SSSR count). The van der Waals surface area contributed by atoms with Crippen molar-refractivity contribution in [2.24, 2.45) is 0 Å². The van der Waals surface area contributed by atoms with Gasteiger partial charge in [-0.05, 0) is 36.8 Å². The third kappa shape index (κ3) is 4.07. The number of nitrogens with zero attached hydrogens (tertiary/aromatic N) is 2. The summed E-state index contributed by atoms with van der Waals surface area (Å²) in [6.45, 7) is 1.78. The number of nitrogens with one attached hydrogen (secondary N) is 1. The SMILES string of the molecule is Cc1ccc([N+](=O)[O-])cc1NC(=O)c1cccnc1Sc1ccccc1. The molecule has 1 amide bonds. The Kier molecular flexibility index (Phi) is 5.28. The predicted octanol–water partition coefficient (Wildman–Crippen LogP) is 4.70. The number of nitro benzene ring substituents is 1. The zero-order valence-corrected chi connectivity index (χ0v) is 14.7. The number of aromatic nitrogens is 1. The first-order valence-corrected chi connectivity index (χ1v) is 8.60. The molecule has 0 aliphatic carbocycles. The first-order valence-electron chi connectivity index (χ1n) is 7.79. The van der Waals surface area contributed by atoms with Gasteiger partial charge in [-0.15, -0.1) is 0 Å². The normalized spacial score (nSPS) is 10.3. The summed E-state index contributed by atoms with van der Waals surface area (Å²) >= 11 is 1.39. The molecule has 0 radical (unpaired) electrons. The Morgan fingerprint density at radius 1 is 1.12 bits per heavy atom. The van der Waals surface area contributed by atoms with E-state index in [1.54, 1.807) is 31.3 Å². The van der Waals surface area contributed by atoms with E-state index < -0.39 is 4.92 Å². The summed E-state index contributed by atoms with van der Waals surface area (Å²) in [4.78, 5) is 28.5. The van der Waals surface area contributed by atoms with E-state index in [9.17, 15) is 14.9 Å². The van der Waals surface area contributed by atoms with Gasteiger partial charge < -0.3 is 5.32 Å². The summed E-state index contributed by atoms with van der Waals surface area (Å²) in [5.41, 5.74) is 1.48. The van der Waals surface area contributed by atoms with Crippen LogP contribution in [0.5, 0.6) is 0 Å². The Balaban J connectivity index is 1.87. The molecule has 0 fully saturated rings. The van der Waals surface area contributed by atoms with Crippen LogP contribution in [-0.2, 0) is 0 Å². The number of carbonyl (C=O) groups is 1. The van der Waals surface area contributed by atoms with Crippen LogP contribution in [0.3, 0.4) is 0 Å². The molecule has 26 heavy (non-hydrogen) atoms. The lowest BCUT2D eigenvalue weighted by atomic mass is 10.1. The van der Waals surface area contributed by atoms with Gasteiger partial charge in [0.15, 0.2) is 0 Å². The number of non-ortho nitro benzene ring substituents is 1. The van der Waals surface area contributed by atoms with Crippen molar-refractivity contribution < 1.29 is 9.72 Å². The monoisotopic (exact) mass is 365 g/mol. The lowest BCUT2D eigenvalue weighted by Gasteiger charge is -2.11. The van der Waals surface area contributed by atoms with Gasteiger partial charge in [-0.2, -0.15) is 0 Å². The van der Waals surface area contributed by atoms with Crippen LogP contribution in [0, 0.1) is 17.0 Å². The number of rotatable bonds is 5. The van der Waals surface area contributed by atoms with Gasteiger partial charge in [-0.25, -0.2) is 4.98 Å². The first-order chi connectivity index (χ1) is 12.5. The molecule has 3 aromatic rings. The minimum absolute atomic E-state index is 0.0732. The van der Waals surface area contributed by atoms with Crippen LogP contribution in [0.4, 0.5) is 11.4 Å². The van der Waals surface area contributed by atoms with Crippen LogP contribution < -0.4 is 5.32 Å². The second-order valence-electron chi connectivity index (χ2n) is 5.48. The van der Waals surface area contributed by atoms with E-state index in [4.69, 9.17) is 0 Å². The van der Waals surface area contributed by atoms with E-state index >= 15 is 0 Å². The molecule has 0 aliphatic rings. The molecule has 130 valence electrons. The topological polar surface area (TPSA) is 85.1 Å². The van der Waals surface area contributed by atoms with Gasteiger partial charge in [-0.3, -0.25) is 14.9 Å². The van der Waals surface area contributed by atoms with E-state index in [1.165, 1.54) is 23.9 Å². The van der Waals surface area contributed by atoms with Crippen LogP contribution >= 0.6 is 11.8 Å². The highest BCUT2D eigenvalue weighted by Gasteiger charge is 2.16. The summed E-state index contributed by atoms with van der Waals surface area (Å²) in [5.74, 6) is -0.361. The molecular weight excluding hydrogens is 350 g/mol. The van der Waals surface area contributed by atoms with Crippen molar-refractivity contribution >= 4 is 29.0 Å². The fraction of sp³-hybridized carbons (Fsp3) is 0.0526. The third-order valence-electron chi connectivity index (χ3n) is 3.65. The standard InChI is InChI=1S/C19H15N3O3S/c1-13-9-10-14(22(24)25)12-17(13)21-18(23)16-8-5-11-20-19(16)26-15-6-3-2-4-7-15/h2-12H,1H3,(H,21,23). The number of amides is 1. The lowest BCUT2D eigenvalue weighted by Crippen LogP contribution is -2.14. The zero-order valence-electron chi connectivity index (χ0n) is 13.9. The highest BCUT2D eigenvalue weighted by molar-refractivity contribution is 7.99. The highest BCUT2D eigenvalue weighted by Crippen LogP contribution is 2.29. The number of benzene rings is 2. The van der Waals surface area contributed by atoms with Gasteiger partial charge >= 0.3 is 0 Å². The molecule has 2 aromatic carbocycles. The van der Waals surface area contributed by atoms with Crippen molar-refractivity contribution in [3.63, 3.8) is 0 Å². The number of aryl methyl sites for hydroxylation is 1. The Labute approximate surface area is 154 Å². The largest absolute Gasteiger partial charge is 0.321 e. The molecule has 0 unspecified atom stereocenters. The van der Waals surface area contributed by atoms with Gasteiger partial charge in [0.05, 0.1) is 16.2 Å². The second-order valence-corrected chi connectivity index (χ2v) is 6.54. The van der Waals surface area contributed by atoms with Crippen molar-refractivity contribution in [1.82, 2.24) is 4.98 Å². The minimum Gasteiger partial charge on any atom is -0.321 e. The van der Waals surface area contributed by atoms with E-state index in [-0.39, 0.29) is 11.6 Å². The average Bonchev–Trinajstić information content (AvgIpc) is 2.64. The maximum absolute atomic E-state index is 12.7. The van der Waals surface area contributed by atoms with E-state index in [1.807, 2.05) is 30.3 Å². The summed E-state index contributed by atoms with van der Waals surface area (Å²) in [5, 5.41) is 14.3. The summed E-state index contributed by atoms with van der Waals surface area (Å²) < 4.78 is 0. The first kappa shape index (κ1) is 17.6. The van der Waals surface area contributed by atoms with Crippen molar-refractivity contribution in [2.45, 2.75) is 16.8 Å². The maximum atomic E-state index is 12.7. The Morgan fingerprint density at radius 3 is 2.62 bits per heavy atom. The number of nitro groups is 1. The quantitative estimate of drug-likeness (QED) is 0.523. The van der Waals surface area contributed by atoms with Gasteiger partial charge in [0.1, 0.15) is 5.03 Å². The number of hydrogen-bond acceptors (Lipinski definition) is 5. The number of anilines is 1. The smallest absolute Gasteiger partial charge is 0.271 e. The highest BCUT2D eigenvalue weighted by atomic mass is 32.2. The van der Waals surface area contributed by atoms with Gasteiger partial charge in [0.2, 0.25) is 0 Å². The van der Waals surface area contributed by atoms with Crippen molar-refractivity contribution in [3.8, 4) is 0 Å². The Morgan fingerprint density at radius 2 is 1.88 bits per heavy atom. The minimum atomic E-state index is -0.490. The van der Waals surface area contributed by atoms with Crippen molar-refractivity contribution in [3.05, 3.63) is 88.1 Å². The van der Waals surface area contributed by atoms with Gasteiger partial charge in [0, 0.05) is 23.2 Å². The van der Waals surface area contributed by atoms with Crippen LogP contribution in [-0.4, -0.2) is 15.8 Å². The number of pyridine rings is 1. The number of carbonyl (C=O) groups excluding carboxylic acids is 1. The molecule has 7 heteroatoms. The zero-order chi connectivity index (χ0) is 18.5. The van der Waals surface area contributed by atoms with E-state index in [0.717, 1.165) is 10.5 Å². The van der Waals surface area contributed by atoms with Crippen LogP contribution in [0.25, 0.3) is 0 Å². The Bertz CT molecular complexity index is 961. The molecule has 0 aliphatic heterocycles. The predicted molar refractivity (Wildman–Crippen MR) is 101 cm³/mol. The molecule has 0 bridgehead atoms. The molecule has 6 nitrogen and oxygen atoms in total. The fourth-order valence-corrected chi connectivity index (χ4v) is 3.19. The molecule has 1 N–H and O–H groups in total. The fourth-order valence-electron chi connectivity index (χ4n) is 2.29. The van der Waals surface area contributed by atoms with Crippen LogP contribution in [0.1, 0.15) is 15.9 Å².